The molecule has 104 valence electrons. The molecule has 4 heteroatoms. The fraction of sp³-hybridized carbons (Fsp3) is 0.533. The minimum Gasteiger partial charge on any atom is -0.325 e. The molecule has 0 spiro atoms. The van der Waals surface area contributed by atoms with E-state index in [9.17, 15) is 4.79 Å². The average molecular weight is 261 g/mol. The summed E-state index contributed by atoms with van der Waals surface area (Å²) in [7, 11) is 1.98. The van der Waals surface area contributed by atoms with Crippen molar-refractivity contribution in [2.75, 3.05) is 32.0 Å². The number of likely N-dealkylation sites (N-methyl/N-ethyl adjacent to an activating group) is 1. The van der Waals surface area contributed by atoms with Crippen molar-refractivity contribution in [3.8, 4) is 0 Å². The molecule has 1 unspecified atom stereocenters. The minimum atomic E-state index is 0.0741. The molecule has 1 aromatic rings. The van der Waals surface area contributed by atoms with Gasteiger partial charge in [-0.1, -0.05) is 19.1 Å². The van der Waals surface area contributed by atoms with E-state index in [4.69, 9.17) is 0 Å². The van der Waals surface area contributed by atoms with Gasteiger partial charge >= 0.3 is 0 Å². The third-order valence-corrected chi connectivity index (χ3v) is 3.67. The zero-order chi connectivity index (χ0) is 13.7. The summed E-state index contributed by atoms with van der Waals surface area (Å²) in [5, 5.41) is 6.23. The van der Waals surface area contributed by atoms with E-state index in [1.807, 2.05) is 25.2 Å². The number of rotatable bonds is 5. The fourth-order valence-electron chi connectivity index (χ4n) is 2.48. The predicted molar refractivity (Wildman–Crippen MR) is 78.4 cm³/mol. The molecule has 1 amide bonds. The van der Waals surface area contributed by atoms with Crippen LogP contribution in [0.2, 0.25) is 0 Å². The standard InChI is InChI=1S/C15H23N3O/c1-3-12-5-4-6-13(9-12)17-15(19)11-18-8-7-14(10-18)16-2/h4-6,9,14,16H,3,7-8,10-11H2,1-2H3,(H,17,19). The number of nitrogens with zero attached hydrogens (tertiary/aromatic N) is 1. The molecule has 1 aliphatic rings. The van der Waals surface area contributed by atoms with E-state index in [-0.39, 0.29) is 5.91 Å². The van der Waals surface area contributed by atoms with Crippen LogP contribution in [0, 0.1) is 0 Å². The highest BCUT2D eigenvalue weighted by molar-refractivity contribution is 5.92. The Hall–Kier alpha value is -1.39. The normalized spacial score (nSPS) is 19.6. The lowest BCUT2D eigenvalue weighted by Crippen LogP contribution is -2.34. The van der Waals surface area contributed by atoms with Gasteiger partial charge in [0.05, 0.1) is 6.54 Å². The first-order valence-electron chi connectivity index (χ1n) is 6.99. The van der Waals surface area contributed by atoms with Crippen LogP contribution in [0.1, 0.15) is 18.9 Å². The Kier molecular flexibility index (Phi) is 4.93. The molecule has 0 bridgehead atoms. The Morgan fingerprint density at radius 3 is 3.00 bits per heavy atom. The molecule has 1 atom stereocenters. The third-order valence-electron chi connectivity index (χ3n) is 3.67. The van der Waals surface area contributed by atoms with Gasteiger partial charge in [-0.25, -0.2) is 0 Å². The van der Waals surface area contributed by atoms with Crippen molar-refractivity contribution in [1.82, 2.24) is 10.2 Å². The number of likely N-dealkylation sites (tertiary alicyclic amines) is 1. The summed E-state index contributed by atoms with van der Waals surface area (Å²) >= 11 is 0. The molecule has 0 aliphatic carbocycles. The van der Waals surface area contributed by atoms with Crippen LogP contribution in [-0.4, -0.2) is 43.5 Å². The van der Waals surface area contributed by atoms with E-state index in [0.717, 1.165) is 31.6 Å². The predicted octanol–water partition coefficient (Wildman–Crippen LogP) is 1.48. The molecule has 1 aromatic carbocycles. The summed E-state index contributed by atoms with van der Waals surface area (Å²) in [6, 6.07) is 8.57. The van der Waals surface area contributed by atoms with E-state index in [1.165, 1.54) is 5.56 Å². The number of benzene rings is 1. The van der Waals surface area contributed by atoms with E-state index in [2.05, 4.69) is 28.5 Å². The minimum absolute atomic E-state index is 0.0741. The Labute approximate surface area is 115 Å². The molecule has 1 fully saturated rings. The Morgan fingerprint density at radius 2 is 2.32 bits per heavy atom. The number of amides is 1. The van der Waals surface area contributed by atoms with Gasteiger partial charge in [-0.2, -0.15) is 0 Å². The molecule has 0 saturated carbocycles. The lowest BCUT2D eigenvalue weighted by atomic mass is 10.1. The van der Waals surface area contributed by atoms with Crippen LogP contribution in [0.5, 0.6) is 0 Å². The second-order valence-corrected chi connectivity index (χ2v) is 5.11. The lowest BCUT2D eigenvalue weighted by molar-refractivity contribution is -0.117. The maximum atomic E-state index is 12.0. The van der Waals surface area contributed by atoms with Crippen LogP contribution >= 0.6 is 0 Å². The summed E-state index contributed by atoms with van der Waals surface area (Å²) < 4.78 is 0. The summed E-state index contributed by atoms with van der Waals surface area (Å²) in [4.78, 5) is 14.2. The molecule has 0 radical (unpaired) electrons. The highest BCUT2D eigenvalue weighted by Gasteiger charge is 2.22. The van der Waals surface area contributed by atoms with Crippen LogP contribution < -0.4 is 10.6 Å². The van der Waals surface area contributed by atoms with Gasteiger partial charge in [0.15, 0.2) is 0 Å². The molecule has 0 aromatic heterocycles. The van der Waals surface area contributed by atoms with Gasteiger partial charge in [-0.15, -0.1) is 0 Å². The van der Waals surface area contributed by atoms with E-state index in [0.29, 0.717) is 12.6 Å². The van der Waals surface area contributed by atoms with E-state index < -0.39 is 0 Å². The maximum absolute atomic E-state index is 12.0. The topological polar surface area (TPSA) is 44.4 Å². The quantitative estimate of drug-likeness (QED) is 0.844. The number of aryl methyl sites for hydroxylation is 1. The lowest BCUT2D eigenvalue weighted by Gasteiger charge is -2.15. The van der Waals surface area contributed by atoms with Gasteiger partial charge in [-0.05, 0) is 37.6 Å². The third kappa shape index (κ3) is 4.04. The van der Waals surface area contributed by atoms with Crippen molar-refractivity contribution in [2.45, 2.75) is 25.8 Å². The van der Waals surface area contributed by atoms with Crippen LogP contribution in [0.15, 0.2) is 24.3 Å². The molecule has 4 nitrogen and oxygen atoms in total. The van der Waals surface area contributed by atoms with Crippen LogP contribution in [0.3, 0.4) is 0 Å². The number of carbonyl (C=O) groups excluding carboxylic acids is 1. The van der Waals surface area contributed by atoms with Crippen molar-refractivity contribution < 1.29 is 4.79 Å². The number of carbonyl (C=O) groups is 1. The van der Waals surface area contributed by atoms with Crippen molar-refractivity contribution in [2.24, 2.45) is 0 Å². The zero-order valence-electron chi connectivity index (χ0n) is 11.8. The second-order valence-electron chi connectivity index (χ2n) is 5.11. The molecule has 2 N–H and O–H groups in total. The van der Waals surface area contributed by atoms with Gasteiger partial charge in [-0.3, -0.25) is 9.69 Å². The molecular formula is C15H23N3O. The van der Waals surface area contributed by atoms with Crippen molar-refractivity contribution in [3.05, 3.63) is 29.8 Å². The van der Waals surface area contributed by atoms with E-state index >= 15 is 0 Å². The SMILES string of the molecule is CCc1cccc(NC(=O)CN2CCC(NC)C2)c1. The molecule has 1 saturated heterocycles. The summed E-state index contributed by atoms with van der Waals surface area (Å²) in [5.74, 6) is 0.0741. The molecule has 19 heavy (non-hydrogen) atoms. The number of hydrogen-bond donors (Lipinski definition) is 2. The van der Waals surface area contributed by atoms with Crippen molar-refractivity contribution in [3.63, 3.8) is 0 Å². The highest BCUT2D eigenvalue weighted by atomic mass is 16.2. The van der Waals surface area contributed by atoms with E-state index in [1.54, 1.807) is 0 Å². The van der Waals surface area contributed by atoms with Crippen LogP contribution in [-0.2, 0) is 11.2 Å². The maximum Gasteiger partial charge on any atom is 0.238 e. The van der Waals surface area contributed by atoms with Crippen LogP contribution in [0.25, 0.3) is 0 Å². The van der Waals surface area contributed by atoms with Gasteiger partial charge in [0.25, 0.3) is 0 Å². The fourth-order valence-corrected chi connectivity index (χ4v) is 2.48. The molecular weight excluding hydrogens is 238 g/mol. The van der Waals surface area contributed by atoms with Gasteiger partial charge in [0.1, 0.15) is 0 Å². The summed E-state index contributed by atoms with van der Waals surface area (Å²) in [6.45, 7) is 4.55. The largest absolute Gasteiger partial charge is 0.325 e. The smallest absolute Gasteiger partial charge is 0.238 e. The monoisotopic (exact) mass is 261 g/mol. The molecule has 2 rings (SSSR count). The van der Waals surface area contributed by atoms with Gasteiger partial charge in [0, 0.05) is 24.8 Å². The first kappa shape index (κ1) is 14.0. The molecule has 1 aliphatic heterocycles. The average Bonchev–Trinajstić information content (AvgIpc) is 2.86. The second kappa shape index (κ2) is 6.68. The molecule has 1 heterocycles. The number of anilines is 1. The first-order valence-corrected chi connectivity index (χ1v) is 6.99. The Balaban J connectivity index is 1.84. The summed E-state index contributed by atoms with van der Waals surface area (Å²) in [5.41, 5.74) is 2.14. The van der Waals surface area contributed by atoms with Gasteiger partial charge < -0.3 is 10.6 Å². The van der Waals surface area contributed by atoms with Crippen molar-refractivity contribution in [1.29, 1.82) is 0 Å². The first-order chi connectivity index (χ1) is 9.21. The Morgan fingerprint density at radius 1 is 1.47 bits per heavy atom. The van der Waals surface area contributed by atoms with Crippen LogP contribution in [0.4, 0.5) is 5.69 Å². The number of nitrogens with one attached hydrogen (secondary N) is 2. The highest BCUT2D eigenvalue weighted by Crippen LogP contribution is 2.12. The Bertz CT molecular complexity index is 433. The zero-order valence-corrected chi connectivity index (χ0v) is 11.8. The number of hydrogen-bond acceptors (Lipinski definition) is 3. The van der Waals surface area contributed by atoms with Crippen molar-refractivity contribution >= 4 is 11.6 Å². The van der Waals surface area contributed by atoms with Gasteiger partial charge in [0.2, 0.25) is 5.91 Å². The summed E-state index contributed by atoms with van der Waals surface area (Å²) in [6.07, 6.45) is 2.11.